The minimum atomic E-state index is -1.06. The van der Waals surface area contributed by atoms with E-state index in [9.17, 15) is 4.79 Å². The highest BCUT2D eigenvalue weighted by molar-refractivity contribution is 9.10. The third kappa shape index (κ3) is 1.38. The van der Waals surface area contributed by atoms with E-state index in [0.717, 1.165) is 0 Å². The zero-order valence-corrected chi connectivity index (χ0v) is 9.06. The number of hydrogen-bond donors (Lipinski definition) is 2. The summed E-state index contributed by atoms with van der Waals surface area (Å²) in [6.45, 7) is 0. The van der Waals surface area contributed by atoms with Crippen molar-refractivity contribution in [2.75, 3.05) is 0 Å². The van der Waals surface area contributed by atoms with Crippen LogP contribution in [-0.2, 0) is 0 Å². The maximum absolute atomic E-state index is 10.7. The average Bonchev–Trinajstić information content (AvgIpc) is 2.46. The van der Waals surface area contributed by atoms with E-state index < -0.39 is 5.97 Å². The van der Waals surface area contributed by atoms with Gasteiger partial charge in [0.15, 0.2) is 4.73 Å². The van der Waals surface area contributed by atoms with Crippen molar-refractivity contribution in [1.82, 2.24) is 9.97 Å². The summed E-state index contributed by atoms with van der Waals surface area (Å²) in [4.78, 5) is 17.7. The fourth-order valence-electron chi connectivity index (χ4n) is 1.18. The van der Waals surface area contributed by atoms with Crippen LogP contribution in [0, 0.1) is 0 Å². The van der Waals surface area contributed by atoms with Crippen molar-refractivity contribution in [1.29, 1.82) is 0 Å². The van der Waals surface area contributed by atoms with E-state index in [4.69, 9.17) is 16.7 Å². The van der Waals surface area contributed by atoms with Crippen LogP contribution >= 0.6 is 27.5 Å². The van der Waals surface area contributed by atoms with Crippen LogP contribution in [0.4, 0.5) is 0 Å². The predicted molar refractivity (Wildman–Crippen MR) is 55.8 cm³/mol. The number of nitrogens with one attached hydrogen (secondary N) is 1. The Morgan fingerprint density at radius 3 is 2.93 bits per heavy atom. The van der Waals surface area contributed by atoms with Gasteiger partial charge in [-0.05, 0) is 28.1 Å². The lowest BCUT2D eigenvalue weighted by Crippen LogP contribution is -1.97. The lowest BCUT2D eigenvalue weighted by atomic mass is 10.2. The number of aromatic nitrogens is 2. The topological polar surface area (TPSA) is 66.0 Å². The molecular formula is C8H4BrClN2O2. The van der Waals surface area contributed by atoms with Crippen LogP contribution in [0.25, 0.3) is 11.0 Å². The molecule has 0 saturated carbocycles. The quantitative estimate of drug-likeness (QED) is 0.841. The van der Waals surface area contributed by atoms with Crippen molar-refractivity contribution >= 4 is 44.5 Å². The zero-order valence-electron chi connectivity index (χ0n) is 6.71. The molecule has 0 amide bonds. The summed E-state index contributed by atoms with van der Waals surface area (Å²) in [5.74, 6) is -1.06. The zero-order chi connectivity index (χ0) is 10.3. The summed E-state index contributed by atoms with van der Waals surface area (Å²) >= 11 is 9.01. The largest absolute Gasteiger partial charge is 0.478 e. The van der Waals surface area contributed by atoms with Gasteiger partial charge in [0.05, 0.1) is 16.1 Å². The summed E-state index contributed by atoms with van der Waals surface area (Å²) in [5.41, 5.74) is 1.21. The molecule has 14 heavy (non-hydrogen) atoms. The molecular weight excluding hydrogens is 271 g/mol. The molecule has 0 bridgehead atoms. The molecule has 0 aliphatic rings. The van der Waals surface area contributed by atoms with Crippen LogP contribution in [0.5, 0.6) is 0 Å². The van der Waals surface area contributed by atoms with Gasteiger partial charge in [0.25, 0.3) is 0 Å². The highest BCUT2D eigenvalue weighted by Gasteiger charge is 2.13. The summed E-state index contributed by atoms with van der Waals surface area (Å²) in [6.07, 6.45) is 0. The molecule has 1 aromatic heterocycles. The number of carboxylic acids is 1. The smallest absolute Gasteiger partial charge is 0.337 e. The summed E-state index contributed by atoms with van der Waals surface area (Å²) < 4.78 is 0.525. The van der Waals surface area contributed by atoms with Crippen molar-refractivity contribution in [3.8, 4) is 0 Å². The third-order valence-electron chi connectivity index (χ3n) is 1.79. The molecule has 0 fully saturated rings. The molecule has 0 aliphatic carbocycles. The minimum absolute atomic E-state index is 0.0539. The van der Waals surface area contributed by atoms with Crippen LogP contribution in [0.1, 0.15) is 10.4 Å². The molecule has 0 radical (unpaired) electrons. The Morgan fingerprint density at radius 1 is 1.57 bits per heavy atom. The Hall–Kier alpha value is -1.07. The van der Waals surface area contributed by atoms with E-state index in [-0.39, 0.29) is 10.6 Å². The Labute approximate surface area is 92.0 Å². The molecule has 1 heterocycles. The average molecular weight is 275 g/mol. The molecule has 0 spiro atoms. The van der Waals surface area contributed by atoms with Gasteiger partial charge in [0.1, 0.15) is 5.52 Å². The number of H-pyrrole nitrogens is 1. The number of nitrogens with zero attached hydrogens (tertiary/aromatic N) is 1. The molecule has 1 aromatic carbocycles. The number of hydrogen-bond acceptors (Lipinski definition) is 2. The van der Waals surface area contributed by atoms with Gasteiger partial charge >= 0.3 is 5.97 Å². The van der Waals surface area contributed by atoms with Crippen molar-refractivity contribution in [2.45, 2.75) is 0 Å². The molecule has 72 valence electrons. The Kier molecular flexibility index (Phi) is 2.20. The van der Waals surface area contributed by atoms with Crippen molar-refractivity contribution in [3.63, 3.8) is 0 Å². The van der Waals surface area contributed by atoms with Gasteiger partial charge in [-0.15, -0.1) is 0 Å². The number of imidazole rings is 1. The number of carbonyl (C=O) groups is 1. The standard InChI is InChI=1S/C8H4BrClN2O2/c9-8-11-4-2-1-3(7(13)14)5(10)6(4)12-8/h1-2H,(H,11,12)(H,13,14). The number of rotatable bonds is 1. The molecule has 0 saturated heterocycles. The molecule has 2 aromatic rings. The Morgan fingerprint density at radius 2 is 2.29 bits per heavy atom. The van der Waals surface area contributed by atoms with E-state index in [0.29, 0.717) is 15.8 Å². The van der Waals surface area contributed by atoms with Gasteiger partial charge in [-0.2, -0.15) is 0 Å². The normalized spacial score (nSPS) is 10.7. The molecule has 0 atom stereocenters. The van der Waals surface area contributed by atoms with Gasteiger partial charge in [-0.3, -0.25) is 0 Å². The van der Waals surface area contributed by atoms with E-state index in [1.54, 1.807) is 6.07 Å². The van der Waals surface area contributed by atoms with Crippen molar-refractivity contribution in [2.24, 2.45) is 0 Å². The lowest BCUT2D eigenvalue weighted by Gasteiger charge is -1.97. The van der Waals surface area contributed by atoms with Gasteiger partial charge in [-0.1, -0.05) is 11.6 Å². The van der Waals surface area contributed by atoms with Crippen molar-refractivity contribution in [3.05, 3.63) is 27.5 Å². The van der Waals surface area contributed by atoms with E-state index in [1.165, 1.54) is 6.07 Å². The number of aromatic amines is 1. The molecule has 0 unspecified atom stereocenters. The summed E-state index contributed by atoms with van der Waals surface area (Å²) in [7, 11) is 0. The highest BCUT2D eigenvalue weighted by Crippen LogP contribution is 2.26. The second-order valence-corrected chi connectivity index (χ2v) is 3.79. The first-order valence-corrected chi connectivity index (χ1v) is 4.83. The van der Waals surface area contributed by atoms with Crippen LogP contribution < -0.4 is 0 Å². The monoisotopic (exact) mass is 274 g/mol. The second kappa shape index (κ2) is 3.25. The maximum atomic E-state index is 10.7. The number of halogens is 2. The molecule has 6 heteroatoms. The number of fused-ring (bicyclic) bond motifs is 1. The Balaban J connectivity index is 2.80. The first kappa shape index (κ1) is 9.48. The van der Waals surface area contributed by atoms with Crippen LogP contribution in [-0.4, -0.2) is 21.0 Å². The summed E-state index contributed by atoms with van der Waals surface area (Å²) in [6, 6.07) is 3.07. The predicted octanol–water partition coefficient (Wildman–Crippen LogP) is 2.68. The third-order valence-corrected chi connectivity index (χ3v) is 2.55. The molecule has 2 rings (SSSR count). The SMILES string of the molecule is O=C(O)c1ccc2[nH]c(Br)nc2c1Cl. The fraction of sp³-hybridized carbons (Fsp3) is 0. The lowest BCUT2D eigenvalue weighted by molar-refractivity contribution is 0.0697. The van der Waals surface area contributed by atoms with Gasteiger partial charge in [0, 0.05) is 0 Å². The number of aromatic carboxylic acids is 1. The number of carboxylic acid groups (broad SMARTS) is 1. The summed E-state index contributed by atoms with van der Waals surface area (Å²) in [5, 5.41) is 8.95. The van der Waals surface area contributed by atoms with Gasteiger partial charge in [0.2, 0.25) is 0 Å². The minimum Gasteiger partial charge on any atom is -0.478 e. The van der Waals surface area contributed by atoms with E-state index in [2.05, 4.69) is 25.9 Å². The Bertz CT molecular complexity index is 523. The molecule has 2 N–H and O–H groups in total. The second-order valence-electron chi connectivity index (χ2n) is 2.66. The maximum Gasteiger partial charge on any atom is 0.337 e. The van der Waals surface area contributed by atoms with Crippen molar-refractivity contribution < 1.29 is 9.90 Å². The van der Waals surface area contributed by atoms with Gasteiger partial charge in [-0.25, -0.2) is 9.78 Å². The number of benzene rings is 1. The molecule has 0 aliphatic heterocycles. The van der Waals surface area contributed by atoms with E-state index in [1.807, 2.05) is 0 Å². The molecule has 4 nitrogen and oxygen atoms in total. The first-order valence-electron chi connectivity index (χ1n) is 3.66. The van der Waals surface area contributed by atoms with E-state index >= 15 is 0 Å². The van der Waals surface area contributed by atoms with Crippen LogP contribution in [0.2, 0.25) is 5.02 Å². The van der Waals surface area contributed by atoms with Crippen LogP contribution in [0.3, 0.4) is 0 Å². The van der Waals surface area contributed by atoms with Crippen LogP contribution in [0.15, 0.2) is 16.9 Å². The highest BCUT2D eigenvalue weighted by atomic mass is 79.9. The fourth-order valence-corrected chi connectivity index (χ4v) is 1.86. The first-order chi connectivity index (χ1) is 6.59. The van der Waals surface area contributed by atoms with Gasteiger partial charge < -0.3 is 10.1 Å².